The number of cyclic esters (lactones) is 1. The third-order valence-corrected chi connectivity index (χ3v) is 4.64. The number of nitrogens with one attached hydrogen (secondary N) is 1. The molecule has 0 saturated carbocycles. The molecule has 2 amide bonds. The highest BCUT2D eigenvalue weighted by Gasteiger charge is 2.42. The van der Waals surface area contributed by atoms with Gasteiger partial charge in [0.25, 0.3) is 0 Å². The zero-order valence-electron chi connectivity index (χ0n) is 13.7. The fraction of sp³-hybridized carbons (Fsp3) is 0.353. The van der Waals surface area contributed by atoms with Crippen molar-refractivity contribution in [3.05, 3.63) is 35.0 Å². The number of hydrogen-bond donors (Lipinski definition) is 1. The van der Waals surface area contributed by atoms with Gasteiger partial charge in [-0.1, -0.05) is 11.6 Å². The van der Waals surface area contributed by atoms with Crippen molar-refractivity contribution in [2.75, 3.05) is 13.7 Å². The van der Waals surface area contributed by atoms with Crippen molar-refractivity contribution in [2.24, 2.45) is 13.0 Å². The van der Waals surface area contributed by atoms with E-state index in [4.69, 9.17) is 16.3 Å². The summed E-state index contributed by atoms with van der Waals surface area (Å²) < 4.78 is 11.4. The van der Waals surface area contributed by atoms with E-state index in [1.165, 1.54) is 0 Å². The zero-order chi connectivity index (χ0) is 18.1. The van der Waals surface area contributed by atoms with Crippen LogP contribution in [0.1, 0.15) is 17.9 Å². The largest absolute Gasteiger partial charge is 0.465 e. The number of nitrogens with zero attached hydrogens (tertiary/aromatic N) is 1. The number of aryl methyl sites for hydroxylation is 1. The Morgan fingerprint density at radius 1 is 1.40 bits per heavy atom. The summed E-state index contributed by atoms with van der Waals surface area (Å²) in [5.41, 5.74) is 1.76. The van der Waals surface area contributed by atoms with Crippen LogP contribution in [-0.4, -0.2) is 36.3 Å². The van der Waals surface area contributed by atoms with Crippen molar-refractivity contribution in [1.29, 1.82) is 0 Å². The normalized spacial score (nSPS) is 20.2. The molecular formula is C17H17ClN2O5. The van der Waals surface area contributed by atoms with Gasteiger partial charge in [-0.2, -0.15) is 0 Å². The summed E-state index contributed by atoms with van der Waals surface area (Å²) in [4.78, 5) is 36.0. The molecule has 1 aromatic heterocycles. The Hall–Kier alpha value is -2.54. The highest BCUT2D eigenvalue weighted by Crippen LogP contribution is 2.38. The molecule has 1 aliphatic heterocycles. The Morgan fingerprint density at radius 3 is 2.88 bits per heavy atom. The molecule has 1 fully saturated rings. The number of amides is 2. The lowest BCUT2D eigenvalue weighted by Crippen LogP contribution is -2.45. The second-order valence-corrected chi connectivity index (χ2v) is 6.31. The Morgan fingerprint density at radius 2 is 2.16 bits per heavy atom. The number of hydrogen-bond acceptors (Lipinski definition) is 5. The van der Waals surface area contributed by atoms with Gasteiger partial charge in [-0.05, 0) is 30.2 Å². The second-order valence-electron chi connectivity index (χ2n) is 5.88. The van der Waals surface area contributed by atoms with Gasteiger partial charge in [-0.3, -0.25) is 14.9 Å². The molecular weight excluding hydrogens is 348 g/mol. The van der Waals surface area contributed by atoms with Crippen molar-refractivity contribution < 1.29 is 23.9 Å². The fourth-order valence-corrected chi connectivity index (χ4v) is 3.42. The predicted octanol–water partition coefficient (Wildman–Crippen LogP) is 2.36. The maximum absolute atomic E-state index is 12.4. The van der Waals surface area contributed by atoms with Crippen molar-refractivity contribution in [2.45, 2.75) is 12.3 Å². The van der Waals surface area contributed by atoms with Gasteiger partial charge < -0.3 is 14.0 Å². The number of fused-ring (bicyclic) bond motifs is 1. The molecule has 2 aromatic rings. The Balaban J connectivity index is 2.04. The average molecular weight is 365 g/mol. The quantitative estimate of drug-likeness (QED) is 0.653. The molecule has 0 aliphatic carbocycles. The van der Waals surface area contributed by atoms with Crippen LogP contribution in [0.3, 0.4) is 0 Å². The summed E-state index contributed by atoms with van der Waals surface area (Å²) >= 11 is 6.11. The molecule has 1 N–H and O–H groups in total. The number of halogens is 1. The molecule has 0 spiro atoms. The number of carbonyl (C=O) groups excluding carboxylic acids is 3. The minimum Gasteiger partial charge on any atom is -0.465 e. The summed E-state index contributed by atoms with van der Waals surface area (Å²) in [5.74, 6) is -2.94. The second kappa shape index (κ2) is 6.76. The van der Waals surface area contributed by atoms with E-state index in [1.807, 2.05) is 23.9 Å². The monoisotopic (exact) mass is 364 g/mol. The van der Waals surface area contributed by atoms with Crippen LogP contribution in [0.4, 0.5) is 4.79 Å². The van der Waals surface area contributed by atoms with E-state index in [0.29, 0.717) is 11.4 Å². The molecule has 0 bridgehead atoms. The molecule has 8 heteroatoms. The lowest BCUT2D eigenvalue weighted by molar-refractivity contribution is -0.158. The number of esters is 1. The van der Waals surface area contributed by atoms with Crippen LogP contribution < -0.4 is 5.32 Å². The Bertz CT molecular complexity index is 860. The highest BCUT2D eigenvalue weighted by molar-refractivity contribution is 6.31. The van der Waals surface area contributed by atoms with E-state index in [2.05, 4.69) is 10.1 Å². The van der Waals surface area contributed by atoms with Crippen LogP contribution in [0.15, 0.2) is 24.4 Å². The van der Waals surface area contributed by atoms with Crippen LogP contribution in [0, 0.1) is 5.92 Å². The molecule has 7 nitrogen and oxygen atoms in total. The van der Waals surface area contributed by atoms with Crippen molar-refractivity contribution in [1.82, 2.24) is 9.88 Å². The first-order valence-electron chi connectivity index (χ1n) is 7.72. The van der Waals surface area contributed by atoms with E-state index in [0.717, 1.165) is 23.6 Å². The number of rotatable bonds is 2. The van der Waals surface area contributed by atoms with Crippen LogP contribution in [0.2, 0.25) is 5.02 Å². The van der Waals surface area contributed by atoms with Crippen molar-refractivity contribution in [3.63, 3.8) is 0 Å². The summed E-state index contributed by atoms with van der Waals surface area (Å²) in [7, 11) is 3.02. The lowest BCUT2D eigenvalue weighted by atomic mass is 9.81. The fourth-order valence-electron chi connectivity index (χ4n) is 3.25. The first-order chi connectivity index (χ1) is 11.9. The molecule has 0 radical (unpaired) electrons. The molecule has 1 aromatic carbocycles. The molecule has 2 heterocycles. The number of imide groups is 1. The lowest BCUT2D eigenvalue weighted by Gasteiger charge is -2.28. The summed E-state index contributed by atoms with van der Waals surface area (Å²) in [5, 5.41) is 3.49. The van der Waals surface area contributed by atoms with Crippen LogP contribution >= 0.6 is 11.6 Å². The molecule has 3 rings (SSSR count). The molecule has 0 unspecified atom stereocenters. The molecule has 1 aliphatic rings. The van der Waals surface area contributed by atoms with Gasteiger partial charge in [0.15, 0.2) is 0 Å². The van der Waals surface area contributed by atoms with Crippen LogP contribution in [0.25, 0.3) is 10.9 Å². The van der Waals surface area contributed by atoms with Gasteiger partial charge in [-0.15, -0.1) is 0 Å². The van der Waals surface area contributed by atoms with E-state index in [9.17, 15) is 14.4 Å². The highest BCUT2D eigenvalue weighted by atomic mass is 35.5. The number of aromatic nitrogens is 1. The number of carbonyl (C=O) groups is 3. The van der Waals surface area contributed by atoms with Crippen molar-refractivity contribution >= 4 is 40.5 Å². The van der Waals surface area contributed by atoms with Crippen LogP contribution in [-0.2, 0) is 26.1 Å². The van der Waals surface area contributed by atoms with E-state index in [-0.39, 0.29) is 6.61 Å². The van der Waals surface area contributed by atoms with E-state index in [1.54, 1.807) is 12.1 Å². The topological polar surface area (TPSA) is 86.6 Å². The van der Waals surface area contributed by atoms with E-state index >= 15 is 0 Å². The number of ether oxygens (including phenoxy) is 2. The maximum atomic E-state index is 12.4. The number of benzene rings is 1. The predicted molar refractivity (Wildman–Crippen MR) is 90.3 cm³/mol. The summed E-state index contributed by atoms with van der Waals surface area (Å²) in [6.45, 7) is 0.211. The maximum Gasteiger partial charge on any atom is 0.413 e. The summed E-state index contributed by atoms with van der Waals surface area (Å²) in [6, 6.07) is 5.47. The Kier molecular flexibility index (Phi) is 4.67. The third kappa shape index (κ3) is 3.19. The first-order valence-corrected chi connectivity index (χ1v) is 8.10. The Labute approximate surface area is 148 Å². The minimum absolute atomic E-state index is 0.211. The molecule has 25 heavy (non-hydrogen) atoms. The van der Waals surface area contributed by atoms with Gasteiger partial charge >= 0.3 is 12.1 Å². The van der Waals surface area contributed by atoms with Gasteiger partial charge in [0.1, 0.15) is 5.92 Å². The van der Waals surface area contributed by atoms with Gasteiger partial charge in [0.05, 0.1) is 13.7 Å². The van der Waals surface area contributed by atoms with E-state index < -0.39 is 29.8 Å². The van der Waals surface area contributed by atoms with Gasteiger partial charge in [0, 0.05) is 35.1 Å². The molecule has 132 valence electrons. The number of alkyl carbamates (subject to hydrolysis) is 1. The summed E-state index contributed by atoms with van der Waals surface area (Å²) in [6.07, 6.45) is 1.43. The van der Waals surface area contributed by atoms with Gasteiger partial charge in [-0.25, -0.2) is 4.79 Å². The minimum atomic E-state index is -1.13. The molecule has 2 atom stereocenters. The SMILES string of the molecule is COC(=O)NC(=O)[C@H]1C(=O)OCC[C@@H]1c1cn(C)c2ccc(Cl)cc12. The molecule has 1 saturated heterocycles. The van der Waals surface area contributed by atoms with Gasteiger partial charge in [0.2, 0.25) is 5.91 Å². The average Bonchev–Trinajstić information content (AvgIpc) is 2.90. The smallest absolute Gasteiger partial charge is 0.413 e. The van der Waals surface area contributed by atoms with Crippen molar-refractivity contribution in [3.8, 4) is 0 Å². The third-order valence-electron chi connectivity index (χ3n) is 4.40. The zero-order valence-corrected chi connectivity index (χ0v) is 14.5. The van der Waals surface area contributed by atoms with Crippen LogP contribution in [0.5, 0.6) is 0 Å². The number of methoxy groups -OCH3 is 1. The first kappa shape index (κ1) is 17.3. The standard InChI is InChI=1S/C17H17ClN2O5/c1-20-8-12(11-7-9(18)3-4-13(11)20)10-5-6-25-16(22)14(10)15(21)19-17(23)24-2/h3-4,7-8,10,14H,5-6H2,1-2H3,(H,19,21,23)/t10-,14+/m1/s1.